The number of benzene rings is 1. The lowest BCUT2D eigenvalue weighted by atomic mass is 10.0. The average Bonchev–Trinajstić information content (AvgIpc) is 2.32. The number of nitrogens with zero attached hydrogens (tertiary/aromatic N) is 1. The smallest absolute Gasteiger partial charge is 0.244 e. The molecule has 1 atom stereocenters. The number of anilines is 1. The van der Waals surface area contributed by atoms with E-state index >= 15 is 0 Å². The highest BCUT2D eigenvalue weighted by Gasteiger charge is 2.31. The molecule has 0 bridgehead atoms. The zero-order valence-electron chi connectivity index (χ0n) is 11.2. The van der Waals surface area contributed by atoms with Gasteiger partial charge in [-0.2, -0.15) is 0 Å². The maximum atomic E-state index is 12.5. The zero-order chi connectivity index (χ0) is 14.0. The first kappa shape index (κ1) is 15.0. The van der Waals surface area contributed by atoms with Crippen LogP contribution in [0.15, 0.2) is 21.1 Å². The van der Waals surface area contributed by atoms with E-state index in [1.54, 1.807) is 0 Å². The van der Waals surface area contributed by atoms with Crippen molar-refractivity contribution in [2.24, 2.45) is 0 Å². The molecule has 104 valence electrons. The molecule has 1 aromatic carbocycles. The maximum Gasteiger partial charge on any atom is 0.244 e. The van der Waals surface area contributed by atoms with Crippen LogP contribution in [-0.4, -0.2) is 25.0 Å². The lowest BCUT2D eigenvalue weighted by molar-refractivity contribution is -0.121. The van der Waals surface area contributed by atoms with E-state index in [2.05, 4.69) is 37.2 Å². The highest BCUT2D eigenvalue weighted by Crippen LogP contribution is 2.37. The van der Waals surface area contributed by atoms with Crippen LogP contribution < -0.4 is 10.2 Å². The van der Waals surface area contributed by atoms with Gasteiger partial charge in [0, 0.05) is 15.5 Å². The van der Waals surface area contributed by atoms with Crippen molar-refractivity contribution < 1.29 is 4.79 Å². The van der Waals surface area contributed by atoms with Gasteiger partial charge in [-0.05, 0) is 75.9 Å². The van der Waals surface area contributed by atoms with E-state index in [0.717, 1.165) is 46.1 Å². The van der Waals surface area contributed by atoms with Gasteiger partial charge in [-0.3, -0.25) is 4.79 Å². The number of carbonyl (C=O) groups excluding carboxylic acids is 1. The third-order valence-corrected chi connectivity index (χ3v) is 4.53. The second-order valence-corrected chi connectivity index (χ2v) is 6.53. The molecule has 2 rings (SSSR count). The summed E-state index contributed by atoms with van der Waals surface area (Å²) < 4.78 is 1.93. The van der Waals surface area contributed by atoms with Crippen LogP contribution in [0.1, 0.15) is 25.3 Å². The summed E-state index contributed by atoms with van der Waals surface area (Å²) in [6, 6.07) is 4.04. The Labute approximate surface area is 131 Å². The second-order valence-electron chi connectivity index (χ2n) is 4.82. The minimum Gasteiger partial charge on any atom is -0.309 e. The zero-order valence-corrected chi connectivity index (χ0v) is 14.3. The Balaban J connectivity index is 2.33. The molecular weight excluding hydrogens is 372 g/mol. The van der Waals surface area contributed by atoms with Gasteiger partial charge in [0.25, 0.3) is 0 Å². The molecule has 1 heterocycles. The summed E-state index contributed by atoms with van der Waals surface area (Å²) in [4.78, 5) is 14.4. The highest BCUT2D eigenvalue weighted by molar-refractivity contribution is 9.11. The van der Waals surface area contributed by atoms with Crippen molar-refractivity contribution in [2.75, 3.05) is 18.0 Å². The van der Waals surface area contributed by atoms with Crippen LogP contribution in [0.25, 0.3) is 0 Å². The van der Waals surface area contributed by atoms with Crippen molar-refractivity contribution in [3.63, 3.8) is 0 Å². The lowest BCUT2D eigenvalue weighted by Gasteiger charge is -2.34. The summed E-state index contributed by atoms with van der Waals surface area (Å²) in [5, 5.41) is 3.26. The molecule has 1 saturated heterocycles. The predicted molar refractivity (Wildman–Crippen MR) is 85.6 cm³/mol. The quantitative estimate of drug-likeness (QED) is 0.855. The van der Waals surface area contributed by atoms with Crippen LogP contribution in [0.3, 0.4) is 0 Å². The van der Waals surface area contributed by atoms with Crippen LogP contribution in [0.4, 0.5) is 5.69 Å². The summed E-state index contributed by atoms with van der Waals surface area (Å²) in [6.07, 6.45) is 1.94. The van der Waals surface area contributed by atoms with Crippen molar-refractivity contribution in [3.05, 3.63) is 26.6 Å². The first-order chi connectivity index (χ1) is 9.04. The Morgan fingerprint density at radius 2 is 2.00 bits per heavy atom. The maximum absolute atomic E-state index is 12.5. The summed E-state index contributed by atoms with van der Waals surface area (Å²) in [5.41, 5.74) is 2.10. The second kappa shape index (κ2) is 6.37. The van der Waals surface area contributed by atoms with E-state index in [-0.39, 0.29) is 11.9 Å². The predicted octanol–water partition coefficient (Wildman–Crippen LogP) is 3.62. The van der Waals surface area contributed by atoms with Gasteiger partial charge in [-0.15, -0.1) is 0 Å². The van der Waals surface area contributed by atoms with Crippen molar-refractivity contribution in [1.82, 2.24) is 5.32 Å². The summed E-state index contributed by atoms with van der Waals surface area (Å²) in [6.45, 7) is 5.67. The van der Waals surface area contributed by atoms with E-state index in [1.165, 1.54) is 0 Å². The molecule has 1 unspecified atom stereocenters. The Kier molecular flexibility index (Phi) is 5.03. The third-order valence-electron chi connectivity index (χ3n) is 3.32. The molecule has 5 heteroatoms. The van der Waals surface area contributed by atoms with Gasteiger partial charge in [0.1, 0.15) is 0 Å². The number of carbonyl (C=O) groups is 1. The molecule has 3 nitrogen and oxygen atoms in total. The number of rotatable bonds is 3. The normalized spacial score (nSPS) is 19.9. The number of hydrogen-bond acceptors (Lipinski definition) is 2. The first-order valence-corrected chi connectivity index (χ1v) is 8.13. The van der Waals surface area contributed by atoms with E-state index < -0.39 is 0 Å². The highest BCUT2D eigenvalue weighted by atomic mass is 79.9. The van der Waals surface area contributed by atoms with Gasteiger partial charge in [0.15, 0.2) is 0 Å². The standard InChI is InChI=1S/C14H18Br2N2O/c1-3-17-12-5-4-6-18(14(12)19)13-10(15)7-9(2)8-11(13)16/h7-8,12,17H,3-6H2,1-2H3. The van der Waals surface area contributed by atoms with Crippen LogP contribution >= 0.6 is 31.9 Å². The minimum atomic E-state index is -0.0566. The van der Waals surface area contributed by atoms with Gasteiger partial charge < -0.3 is 10.2 Å². The minimum absolute atomic E-state index is 0.0566. The number of piperidine rings is 1. The number of aryl methyl sites for hydroxylation is 1. The number of nitrogens with one attached hydrogen (secondary N) is 1. The molecule has 0 aliphatic carbocycles. The number of amides is 1. The van der Waals surface area contributed by atoms with Gasteiger partial charge >= 0.3 is 0 Å². The summed E-state index contributed by atoms with van der Waals surface area (Å²) >= 11 is 7.15. The van der Waals surface area contributed by atoms with Crippen LogP contribution in [0, 0.1) is 6.92 Å². The molecule has 1 aliphatic heterocycles. The fourth-order valence-corrected chi connectivity index (χ4v) is 4.33. The van der Waals surface area contributed by atoms with E-state index in [9.17, 15) is 4.79 Å². The molecule has 0 aromatic heterocycles. The third kappa shape index (κ3) is 3.20. The summed E-state index contributed by atoms with van der Waals surface area (Å²) in [5.74, 6) is 0.165. The van der Waals surface area contributed by atoms with E-state index in [0.29, 0.717) is 0 Å². The largest absolute Gasteiger partial charge is 0.309 e. The molecule has 0 saturated carbocycles. The van der Waals surface area contributed by atoms with Gasteiger partial charge in [-0.25, -0.2) is 0 Å². The van der Waals surface area contributed by atoms with Crippen LogP contribution in [0.2, 0.25) is 0 Å². The van der Waals surface area contributed by atoms with Crippen molar-refractivity contribution >= 4 is 43.5 Å². The summed E-state index contributed by atoms with van der Waals surface area (Å²) in [7, 11) is 0. The molecule has 1 fully saturated rings. The molecule has 0 spiro atoms. The SMILES string of the molecule is CCNC1CCCN(c2c(Br)cc(C)cc2Br)C1=O. The first-order valence-electron chi connectivity index (χ1n) is 6.55. The Bertz CT molecular complexity index is 465. The fourth-order valence-electron chi connectivity index (χ4n) is 2.48. The number of likely N-dealkylation sites (N-methyl/N-ethyl adjacent to an activating group) is 1. The van der Waals surface area contributed by atoms with Crippen LogP contribution in [0.5, 0.6) is 0 Å². The monoisotopic (exact) mass is 388 g/mol. The fraction of sp³-hybridized carbons (Fsp3) is 0.500. The molecule has 1 aliphatic rings. The van der Waals surface area contributed by atoms with Gasteiger partial charge in [0.2, 0.25) is 5.91 Å². The van der Waals surface area contributed by atoms with E-state index in [1.807, 2.05) is 30.9 Å². The van der Waals surface area contributed by atoms with Crippen molar-refractivity contribution in [3.8, 4) is 0 Å². The molecule has 19 heavy (non-hydrogen) atoms. The van der Waals surface area contributed by atoms with Crippen LogP contribution in [-0.2, 0) is 4.79 Å². The van der Waals surface area contributed by atoms with Crippen molar-refractivity contribution in [2.45, 2.75) is 32.7 Å². The molecule has 1 amide bonds. The van der Waals surface area contributed by atoms with Gasteiger partial charge in [-0.1, -0.05) is 6.92 Å². The number of hydrogen-bond donors (Lipinski definition) is 1. The Morgan fingerprint density at radius 1 is 1.37 bits per heavy atom. The average molecular weight is 390 g/mol. The van der Waals surface area contributed by atoms with E-state index in [4.69, 9.17) is 0 Å². The molecular formula is C14H18Br2N2O. The molecule has 1 N–H and O–H groups in total. The Hall–Kier alpha value is -0.390. The Morgan fingerprint density at radius 3 is 2.58 bits per heavy atom. The lowest BCUT2D eigenvalue weighted by Crippen LogP contribution is -2.51. The number of halogens is 2. The van der Waals surface area contributed by atoms with Gasteiger partial charge in [0.05, 0.1) is 11.7 Å². The molecule has 1 aromatic rings. The molecule has 0 radical (unpaired) electrons. The van der Waals surface area contributed by atoms with Crippen molar-refractivity contribution in [1.29, 1.82) is 0 Å². The topological polar surface area (TPSA) is 32.3 Å².